The molecule has 55 heavy (non-hydrogen) atoms. The largest absolute Gasteiger partial charge is 0.473 e. The molecule has 0 unspecified atom stereocenters. The van der Waals surface area contributed by atoms with Crippen LogP contribution in [0.2, 0.25) is 15.5 Å². The third kappa shape index (κ3) is 16.1. The van der Waals surface area contributed by atoms with E-state index < -0.39 is 11.9 Å². The van der Waals surface area contributed by atoms with E-state index in [0.717, 1.165) is 48.8 Å². The maximum Gasteiger partial charge on any atom is 0.414 e. The van der Waals surface area contributed by atoms with Gasteiger partial charge in [-0.25, -0.2) is 9.59 Å². The van der Waals surface area contributed by atoms with Crippen LogP contribution in [0.1, 0.15) is 35.6 Å². The number of pyridine rings is 2. The van der Waals surface area contributed by atoms with Gasteiger partial charge in [-0.1, -0.05) is 46.9 Å². The van der Waals surface area contributed by atoms with Gasteiger partial charge in [-0.15, -0.1) is 0 Å². The van der Waals surface area contributed by atoms with Crippen molar-refractivity contribution in [3.8, 4) is 0 Å². The molecule has 0 aliphatic carbocycles. The van der Waals surface area contributed by atoms with Crippen LogP contribution in [-0.2, 0) is 54.8 Å². The molecule has 2 fully saturated rings. The number of nitrogens with one attached hydrogen (secondary N) is 1. The summed E-state index contributed by atoms with van der Waals surface area (Å²) in [5.41, 5.74) is 31.3. The van der Waals surface area contributed by atoms with Crippen LogP contribution >= 0.6 is 34.8 Å². The van der Waals surface area contributed by atoms with Gasteiger partial charge in [0.2, 0.25) is 11.9 Å². The molecule has 298 valence electrons. The fourth-order valence-corrected chi connectivity index (χ4v) is 4.90. The van der Waals surface area contributed by atoms with Crippen LogP contribution in [0.15, 0.2) is 36.4 Å². The first-order valence-corrected chi connectivity index (χ1v) is 17.4. The number of aromatic nitrogens is 6. The van der Waals surface area contributed by atoms with Crippen molar-refractivity contribution < 1.29 is 38.7 Å². The minimum absolute atomic E-state index is 0.0178. The third-order valence-corrected chi connectivity index (χ3v) is 7.92. The van der Waals surface area contributed by atoms with E-state index in [0.29, 0.717) is 45.3 Å². The second-order valence-corrected chi connectivity index (χ2v) is 12.3. The summed E-state index contributed by atoms with van der Waals surface area (Å²) in [5.74, 6) is -3.18. The summed E-state index contributed by atoms with van der Waals surface area (Å²) in [5, 5.41) is 18.1. The van der Waals surface area contributed by atoms with Gasteiger partial charge in [0.25, 0.3) is 0 Å². The zero-order valence-electron chi connectivity index (χ0n) is 29.2. The monoisotopic (exact) mass is 826 g/mol. The van der Waals surface area contributed by atoms with Gasteiger partial charge < -0.3 is 63.1 Å². The van der Waals surface area contributed by atoms with Gasteiger partial charge in [0.15, 0.2) is 21.3 Å². The van der Waals surface area contributed by atoms with Crippen molar-refractivity contribution >= 4 is 75.8 Å². The predicted octanol–water partition coefficient (Wildman–Crippen LogP) is 2.56. The molecule has 13 N–H and O–H groups in total. The fraction of sp³-hybridized carbons (Fsp3) is 0.375. The number of nitrogens with two attached hydrogens (primary N) is 5. The molecule has 2 aliphatic heterocycles. The van der Waals surface area contributed by atoms with Gasteiger partial charge in [0.1, 0.15) is 11.4 Å². The van der Waals surface area contributed by atoms with E-state index in [9.17, 15) is 0 Å². The maximum atomic E-state index is 9.10. The Morgan fingerprint density at radius 2 is 1.13 bits per heavy atom. The molecular formula is C32H41Cl3N12O8. The molecule has 0 spiro atoms. The van der Waals surface area contributed by atoms with Crippen molar-refractivity contribution in [1.29, 1.82) is 0 Å². The van der Waals surface area contributed by atoms with Crippen LogP contribution in [-0.4, -0.2) is 90.7 Å². The minimum atomic E-state index is -1.82. The number of anilines is 5. The van der Waals surface area contributed by atoms with E-state index in [1.807, 2.05) is 36.4 Å². The number of carbonyl (C=O) groups is 2. The van der Waals surface area contributed by atoms with E-state index in [-0.39, 0.29) is 50.9 Å². The number of rotatable bonds is 10. The zero-order valence-corrected chi connectivity index (χ0v) is 31.5. The Labute approximate surface area is 330 Å². The molecule has 2 atom stereocenters. The Bertz CT molecular complexity index is 1820. The first-order valence-electron chi connectivity index (χ1n) is 16.3. The highest BCUT2D eigenvalue weighted by atomic mass is 35.5. The average molecular weight is 828 g/mol. The number of carboxylic acid groups (broad SMARTS) is 2. The van der Waals surface area contributed by atoms with Gasteiger partial charge >= 0.3 is 11.9 Å². The molecule has 4 aromatic heterocycles. The second-order valence-electron chi connectivity index (χ2n) is 11.2. The number of hydrogen-bond acceptors (Lipinski definition) is 18. The topological polar surface area (TPSA) is 331 Å². The van der Waals surface area contributed by atoms with Crippen LogP contribution in [0, 0.1) is 0 Å². The molecule has 0 amide bonds. The zero-order chi connectivity index (χ0) is 40.3. The van der Waals surface area contributed by atoms with Crippen LogP contribution in [0.4, 0.5) is 29.1 Å². The highest BCUT2D eigenvalue weighted by molar-refractivity contribution is 6.37. The lowest BCUT2D eigenvalue weighted by Gasteiger charge is -2.11. The van der Waals surface area contributed by atoms with E-state index in [1.165, 1.54) is 0 Å². The van der Waals surface area contributed by atoms with E-state index in [1.54, 1.807) is 0 Å². The Morgan fingerprint density at radius 1 is 0.691 bits per heavy atom. The third-order valence-electron chi connectivity index (χ3n) is 7.05. The molecule has 0 aromatic carbocycles. The molecule has 2 aliphatic rings. The lowest BCUT2D eigenvalue weighted by molar-refractivity contribution is -0.159. The van der Waals surface area contributed by atoms with Crippen molar-refractivity contribution in [3.63, 3.8) is 0 Å². The molecule has 4 aromatic rings. The Balaban J connectivity index is 0.000000223. The van der Waals surface area contributed by atoms with E-state index >= 15 is 0 Å². The van der Waals surface area contributed by atoms with E-state index in [4.69, 9.17) is 102 Å². The van der Waals surface area contributed by atoms with Crippen LogP contribution in [0.5, 0.6) is 0 Å². The first kappa shape index (κ1) is 44.5. The number of nitrogen functional groups attached to an aromatic ring is 4. The summed E-state index contributed by atoms with van der Waals surface area (Å²) in [4.78, 5) is 42.0. The standard InChI is InChI=1S/C15H19ClN6O2.C11H16N2O2.C4H4Cl2N4.C2H2O4/c16-13-12(17)14(22-15(18)21-13)19-6-9-2-1-3-10(20-9)7-24-11-4-5-23-8-11;12-6-9-2-1-3-10(13-9)7-15-11-4-5-14-8-11;5-2-1(7)3(6)10-4(8)9-2;3-1(4)2(5)6/h1-3,11H,4-8,17H2,(H3,18,19,21,22);1-3,11H,4-8,12H2;7H2,(H2,8,9,10);(H,3,4)(H,5,6)/t2*11-;;/m00../s1. The highest BCUT2D eigenvalue weighted by Crippen LogP contribution is 2.25. The molecule has 0 radical (unpaired) electrons. The predicted molar refractivity (Wildman–Crippen MR) is 204 cm³/mol. The number of halogens is 3. The quantitative estimate of drug-likeness (QED) is 0.0841. The first-order chi connectivity index (χ1) is 26.2. The minimum Gasteiger partial charge on any atom is -0.473 e. The van der Waals surface area contributed by atoms with Crippen molar-refractivity contribution in [1.82, 2.24) is 29.9 Å². The molecule has 6 heterocycles. The molecular weight excluding hydrogens is 787 g/mol. The summed E-state index contributed by atoms with van der Waals surface area (Å²) in [6, 6.07) is 11.6. The number of carboxylic acids is 2. The van der Waals surface area contributed by atoms with Crippen molar-refractivity contribution in [3.05, 3.63) is 74.6 Å². The normalized spacial score (nSPS) is 15.7. The number of hydrogen-bond donors (Lipinski definition) is 8. The van der Waals surface area contributed by atoms with Crippen molar-refractivity contribution in [2.45, 2.75) is 51.4 Å². The summed E-state index contributed by atoms with van der Waals surface area (Å²) in [6.07, 6.45) is 2.29. The van der Waals surface area contributed by atoms with Gasteiger partial charge in [0, 0.05) is 19.8 Å². The lowest BCUT2D eigenvalue weighted by Crippen LogP contribution is -2.13. The Morgan fingerprint density at radius 3 is 1.58 bits per heavy atom. The molecule has 2 saturated heterocycles. The number of ether oxygens (including phenoxy) is 4. The number of aliphatic carboxylic acids is 2. The number of nitrogens with zero attached hydrogens (tertiary/aromatic N) is 6. The van der Waals surface area contributed by atoms with Crippen molar-refractivity contribution in [2.75, 3.05) is 54.7 Å². The van der Waals surface area contributed by atoms with Crippen LogP contribution < -0.4 is 34.0 Å². The van der Waals surface area contributed by atoms with E-state index in [2.05, 4.69) is 35.2 Å². The molecule has 6 rings (SSSR count). The summed E-state index contributed by atoms with van der Waals surface area (Å²) in [7, 11) is 0. The van der Waals surface area contributed by atoms with Crippen LogP contribution in [0.25, 0.3) is 0 Å². The summed E-state index contributed by atoms with van der Waals surface area (Å²) >= 11 is 16.8. The van der Waals surface area contributed by atoms with Gasteiger partial charge in [-0.3, -0.25) is 9.97 Å². The molecule has 0 bridgehead atoms. The molecule has 23 heteroatoms. The Hall–Kier alpha value is -4.93. The van der Waals surface area contributed by atoms with Crippen molar-refractivity contribution in [2.24, 2.45) is 5.73 Å². The highest BCUT2D eigenvalue weighted by Gasteiger charge is 2.17. The smallest absolute Gasteiger partial charge is 0.414 e. The van der Waals surface area contributed by atoms with Gasteiger partial charge in [0.05, 0.1) is 68.0 Å². The van der Waals surface area contributed by atoms with Crippen LogP contribution in [0.3, 0.4) is 0 Å². The average Bonchev–Trinajstić information content (AvgIpc) is 3.89. The summed E-state index contributed by atoms with van der Waals surface area (Å²) < 4.78 is 21.9. The molecule has 20 nitrogen and oxygen atoms in total. The Kier molecular flexibility index (Phi) is 18.7. The summed E-state index contributed by atoms with van der Waals surface area (Å²) in [6.45, 7) is 4.82. The van der Waals surface area contributed by atoms with Gasteiger partial charge in [-0.2, -0.15) is 19.9 Å². The van der Waals surface area contributed by atoms with Gasteiger partial charge in [-0.05, 0) is 37.1 Å². The second kappa shape index (κ2) is 23.1. The SMILES string of the molecule is NCc1cccc(CO[C@H]2CCOC2)n1.Nc1nc(Cl)c(N)c(Cl)n1.Nc1nc(Cl)c(N)c(NCc2cccc(CO[C@H]3CCOC3)n2)n1.O=C(O)C(=O)O. The maximum absolute atomic E-state index is 9.10. The lowest BCUT2D eigenvalue weighted by atomic mass is 10.3. The molecule has 0 saturated carbocycles. The fourth-order valence-electron chi connectivity index (χ4n) is 4.33.